The van der Waals surface area contributed by atoms with E-state index < -0.39 is 29.6 Å². The number of carboxylic acids is 1. The Morgan fingerprint density at radius 3 is 2.42 bits per heavy atom. The molecule has 0 aromatic heterocycles. The van der Waals surface area contributed by atoms with Gasteiger partial charge in [-0.25, -0.2) is 0 Å². The molecule has 7 heteroatoms. The van der Waals surface area contributed by atoms with Crippen LogP contribution in [0.5, 0.6) is 5.75 Å². The molecule has 0 saturated heterocycles. The number of benzene rings is 1. The Morgan fingerprint density at radius 1 is 1.08 bits per heavy atom. The summed E-state index contributed by atoms with van der Waals surface area (Å²) in [5.41, 5.74) is 4.91. The Morgan fingerprint density at radius 2 is 1.75 bits per heavy atom. The van der Waals surface area contributed by atoms with Crippen LogP contribution < -0.4 is 20.7 Å². The zero-order valence-electron chi connectivity index (χ0n) is 13.0. The van der Waals surface area contributed by atoms with Gasteiger partial charge in [-0.05, 0) is 30.4 Å². The van der Waals surface area contributed by atoms with Gasteiger partial charge in [-0.1, -0.05) is 24.3 Å². The highest BCUT2D eigenvalue weighted by Crippen LogP contribution is 2.47. The number of para-hydroxylation sites is 1. The highest BCUT2D eigenvalue weighted by atomic mass is 16.5. The largest absolute Gasteiger partial charge is 0.550 e. The molecule has 2 amide bonds. The number of methoxy groups -OCH3 is 1. The van der Waals surface area contributed by atoms with Gasteiger partial charge in [-0.15, -0.1) is 0 Å². The molecule has 1 aromatic carbocycles. The summed E-state index contributed by atoms with van der Waals surface area (Å²) in [5.74, 6) is -3.83. The highest BCUT2D eigenvalue weighted by molar-refractivity contribution is 5.98. The smallest absolute Gasteiger partial charge is 0.273 e. The number of hydrogen-bond donors (Lipinski definition) is 2. The van der Waals surface area contributed by atoms with Crippen molar-refractivity contribution in [2.24, 2.45) is 23.7 Å². The second-order valence-corrected chi connectivity index (χ2v) is 5.96. The van der Waals surface area contributed by atoms with Crippen molar-refractivity contribution in [1.82, 2.24) is 10.9 Å². The van der Waals surface area contributed by atoms with Gasteiger partial charge >= 0.3 is 0 Å². The normalized spacial score (nSPS) is 26.9. The van der Waals surface area contributed by atoms with Crippen molar-refractivity contribution in [2.75, 3.05) is 7.11 Å². The van der Waals surface area contributed by atoms with E-state index in [1.807, 2.05) is 12.2 Å². The molecule has 0 unspecified atom stereocenters. The van der Waals surface area contributed by atoms with E-state index in [-0.39, 0.29) is 17.4 Å². The fourth-order valence-electron chi connectivity index (χ4n) is 3.60. The molecule has 3 rings (SSSR count). The topological polar surface area (TPSA) is 108 Å². The first kappa shape index (κ1) is 16.0. The number of carboxylic acid groups (broad SMARTS) is 1. The molecule has 7 nitrogen and oxygen atoms in total. The van der Waals surface area contributed by atoms with E-state index >= 15 is 0 Å². The van der Waals surface area contributed by atoms with E-state index in [0.717, 1.165) is 0 Å². The average Bonchev–Trinajstić information content (AvgIpc) is 3.20. The van der Waals surface area contributed by atoms with Gasteiger partial charge in [0, 0.05) is 11.9 Å². The lowest BCUT2D eigenvalue weighted by atomic mass is 9.82. The molecule has 2 N–H and O–H groups in total. The zero-order chi connectivity index (χ0) is 17.3. The van der Waals surface area contributed by atoms with E-state index in [9.17, 15) is 19.5 Å². The molecule has 1 aromatic rings. The number of amides is 2. The number of hydrazine groups is 1. The number of carbonyl (C=O) groups is 3. The predicted octanol–water partition coefficient (Wildman–Crippen LogP) is -0.356. The van der Waals surface area contributed by atoms with Crippen LogP contribution in [0, 0.1) is 23.7 Å². The number of nitrogens with one attached hydrogen (secondary N) is 2. The van der Waals surface area contributed by atoms with E-state index in [2.05, 4.69) is 10.9 Å². The lowest BCUT2D eigenvalue weighted by molar-refractivity contribution is -0.313. The van der Waals surface area contributed by atoms with E-state index in [4.69, 9.17) is 4.74 Å². The molecule has 0 heterocycles. The number of aliphatic carboxylic acids is 1. The number of carbonyl (C=O) groups excluding carboxylic acids is 3. The molecule has 1 saturated carbocycles. The van der Waals surface area contributed by atoms with Crippen molar-refractivity contribution in [2.45, 2.75) is 6.42 Å². The minimum atomic E-state index is -1.23. The summed E-state index contributed by atoms with van der Waals surface area (Å²) in [5, 5.41) is 11.3. The summed E-state index contributed by atoms with van der Waals surface area (Å²) in [6.07, 6.45) is 4.30. The zero-order valence-corrected chi connectivity index (χ0v) is 13.0. The van der Waals surface area contributed by atoms with Crippen molar-refractivity contribution >= 4 is 17.8 Å². The highest BCUT2D eigenvalue weighted by Gasteiger charge is 2.48. The third-order valence-electron chi connectivity index (χ3n) is 4.69. The third-order valence-corrected chi connectivity index (χ3v) is 4.69. The van der Waals surface area contributed by atoms with Gasteiger partial charge in [0.15, 0.2) is 0 Å². The Balaban J connectivity index is 1.66. The van der Waals surface area contributed by atoms with Crippen LogP contribution in [0.2, 0.25) is 0 Å². The number of ether oxygens (including phenoxy) is 1. The molecule has 0 spiro atoms. The fourth-order valence-corrected chi connectivity index (χ4v) is 3.60. The third kappa shape index (κ3) is 2.73. The first-order valence-corrected chi connectivity index (χ1v) is 7.65. The van der Waals surface area contributed by atoms with E-state index in [1.165, 1.54) is 7.11 Å². The number of allylic oxidation sites excluding steroid dienone is 2. The summed E-state index contributed by atoms with van der Waals surface area (Å²) >= 11 is 0. The van der Waals surface area contributed by atoms with Crippen molar-refractivity contribution in [3.8, 4) is 5.75 Å². The molecular weight excluding hydrogens is 312 g/mol. The Bertz CT molecular complexity index is 715. The van der Waals surface area contributed by atoms with E-state index in [1.54, 1.807) is 24.3 Å². The number of hydrogen-bond acceptors (Lipinski definition) is 5. The molecule has 4 atom stereocenters. The van der Waals surface area contributed by atoms with Gasteiger partial charge in [-0.3, -0.25) is 20.4 Å². The summed E-state index contributed by atoms with van der Waals surface area (Å²) < 4.78 is 5.09. The Kier molecular flexibility index (Phi) is 4.24. The standard InChI is InChI=1S/C17H18N2O5/c1-24-12-5-3-2-4-11(12)15(20)18-19-16(21)13-9-6-7-10(8-9)14(13)17(22)23/h2-7,9-10,13-14H,8H2,1H3,(H,18,20)(H,19,21)(H,22,23)/p-1/t9-,10+,13+,14+/m1/s1. The van der Waals surface area contributed by atoms with Crippen molar-refractivity contribution in [3.63, 3.8) is 0 Å². The molecular formula is C17H17N2O5-. The van der Waals surface area contributed by atoms with Crippen LogP contribution in [0.3, 0.4) is 0 Å². The van der Waals surface area contributed by atoms with Crippen LogP contribution in [0.15, 0.2) is 36.4 Å². The Hall–Kier alpha value is -2.83. The average molecular weight is 329 g/mol. The lowest BCUT2D eigenvalue weighted by Gasteiger charge is -2.27. The molecule has 126 valence electrons. The predicted molar refractivity (Wildman–Crippen MR) is 81.3 cm³/mol. The molecule has 1 fully saturated rings. The summed E-state index contributed by atoms with van der Waals surface area (Å²) in [4.78, 5) is 35.8. The molecule has 2 aliphatic carbocycles. The van der Waals surface area contributed by atoms with Crippen LogP contribution in [-0.4, -0.2) is 24.9 Å². The maximum Gasteiger partial charge on any atom is 0.273 e. The van der Waals surface area contributed by atoms with Crippen LogP contribution >= 0.6 is 0 Å². The van der Waals surface area contributed by atoms with Crippen LogP contribution in [0.25, 0.3) is 0 Å². The van der Waals surface area contributed by atoms with Gasteiger partial charge in [-0.2, -0.15) is 0 Å². The summed E-state index contributed by atoms with van der Waals surface area (Å²) in [7, 11) is 1.44. The minimum Gasteiger partial charge on any atom is -0.550 e. The SMILES string of the molecule is COc1ccccc1C(=O)NNC(=O)[C@@H]1[C@@H](C(=O)[O-])[C@H]2C=C[C@@H]1C2. The molecule has 0 radical (unpaired) electrons. The Labute approximate surface area is 138 Å². The minimum absolute atomic E-state index is 0.138. The molecule has 2 aliphatic rings. The quantitative estimate of drug-likeness (QED) is 0.580. The maximum absolute atomic E-state index is 12.4. The van der Waals surface area contributed by atoms with Gasteiger partial charge in [0.05, 0.1) is 18.6 Å². The van der Waals surface area contributed by atoms with Gasteiger partial charge < -0.3 is 14.6 Å². The first-order valence-electron chi connectivity index (χ1n) is 7.65. The van der Waals surface area contributed by atoms with Gasteiger partial charge in [0.2, 0.25) is 5.91 Å². The van der Waals surface area contributed by atoms with Crippen molar-refractivity contribution < 1.29 is 24.2 Å². The van der Waals surface area contributed by atoms with Crippen molar-refractivity contribution in [3.05, 3.63) is 42.0 Å². The number of fused-ring (bicyclic) bond motifs is 2. The van der Waals surface area contributed by atoms with Crippen LogP contribution in [0.4, 0.5) is 0 Å². The monoisotopic (exact) mass is 329 g/mol. The molecule has 2 bridgehead atoms. The second kappa shape index (κ2) is 6.35. The number of rotatable bonds is 4. The van der Waals surface area contributed by atoms with Crippen molar-refractivity contribution in [1.29, 1.82) is 0 Å². The van der Waals surface area contributed by atoms with Gasteiger partial charge in [0.25, 0.3) is 5.91 Å². The lowest BCUT2D eigenvalue weighted by Crippen LogP contribution is -2.50. The second-order valence-electron chi connectivity index (χ2n) is 5.96. The van der Waals surface area contributed by atoms with E-state index in [0.29, 0.717) is 12.2 Å². The summed E-state index contributed by atoms with van der Waals surface area (Å²) in [6, 6.07) is 6.58. The fraction of sp³-hybridized carbons (Fsp3) is 0.353. The first-order chi connectivity index (χ1) is 11.5. The van der Waals surface area contributed by atoms with Gasteiger partial charge in [0.1, 0.15) is 5.75 Å². The van der Waals surface area contributed by atoms with Crippen LogP contribution in [0.1, 0.15) is 16.8 Å². The molecule has 0 aliphatic heterocycles. The maximum atomic E-state index is 12.4. The summed E-state index contributed by atoms with van der Waals surface area (Å²) in [6.45, 7) is 0. The molecule has 24 heavy (non-hydrogen) atoms. The van der Waals surface area contributed by atoms with Crippen LogP contribution in [-0.2, 0) is 9.59 Å².